The summed E-state index contributed by atoms with van der Waals surface area (Å²) in [6.45, 7) is 2.99. The van der Waals surface area contributed by atoms with E-state index in [1.54, 1.807) is 19.9 Å². The average molecular weight is 438 g/mol. The summed E-state index contributed by atoms with van der Waals surface area (Å²) in [4.78, 5) is 25.8. The number of nitrogens with one attached hydrogen (secondary N) is 2. The van der Waals surface area contributed by atoms with E-state index < -0.39 is 34.0 Å². The van der Waals surface area contributed by atoms with Crippen LogP contribution in [0, 0.1) is 19.7 Å². The number of hydrogen-bond donors (Lipinski definition) is 3. The quantitative estimate of drug-likeness (QED) is 0.567. The van der Waals surface area contributed by atoms with Crippen molar-refractivity contribution in [3.8, 4) is 0 Å². The number of primary amides is 1. The predicted molar refractivity (Wildman–Crippen MR) is 106 cm³/mol. The molecule has 0 saturated heterocycles. The number of aryl methyl sites for hydroxylation is 2. The number of hydrogen-bond acceptors (Lipinski definition) is 4. The normalized spacial score (nSPS) is 11.6. The van der Waals surface area contributed by atoms with Crippen molar-refractivity contribution in [1.29, 1.82) is 0 Å². The molecule has 152 valence electrons. The van der Waals surface area contributed by atoms with Crippen LogP contribution in [0.25, 0.3) is 10.9 Å². The summed E-state index contributed by atoms with van der Waals surface area (Å²) in [5.41, 5.74) is 6.19. The Balaban J connectivity index is 2.31. The van der Waals surface area contributed by atoms with E-state index in [4.69, 9.17) is 17.3 Å². The number of carbonyl (C=O) groups is 2. The van der Waals surface area contributed by atoms with Gasteiger partial charge in [-0.2, -0.15) is 0 Å². The van der Waals surface area contributed by atoms with Gasteiger partial charge in [-0.1, -0.05) is 17.7 Å². The van der Waals surface area contributed by atoms with Crippen LogP contribution < -0.4 is 11.1 Å². The number of carbonyl (C=O) groups excluding carboxylic acids is 2. The highest BCUT2D eigenvalue weighted by Gasteiger charge is 2.30. The Morgan fingerprint density at radius 1 is 1.14 bits per heavy atom. The lowest BCUT2D eigenvalue weighted by atomic mass is 10.2. The molecule has 0 bridgehead atoms. The number of halogens is 2. The lowest BCUT2D eigenvalue weighted by Gasteiger charge is -2.09. The molecular weight excluding hydrogens is 421 g/mol. The summed E-state index contributed by atoms with van der Waals surface area (Å²) in [5.74, 6) is -2.46. The van der Waals surface area contributed by atoms with Crippen molar-refractivity contribution < 1.29 is 22.4 Å². The third-order valence-electron chi connectivity index (χ3n) is 4.22. The number of aromatic amines is 1. The molecule has 1 heterocycles. The number of fused-ring (bicyclic) bond motifs is 1. The fourth-order valence-corrected chi connectivity index (χ4v) is 5.02. The summed E-state index contributed by atoms with van der Waals surface area (Å²) >= 11 is 5.85. The molecule has 3 rings (SSSR count). The van der Waals surface area contributed by atoms with Gasteiger partial charge in [0.1, 0.15) is 16.4 Å². The number of benzene rings is 2. The number of nitrogens with two attached hydrogens (primary N) is 1. The maximum absolute atomic E-state index is 13.9. The lowest BCUT2D eigenvalue weighted by Crippen LogP contribution is -2.34. The van der Waals surface area contributed by atoms with Crippen LogP contribution in [0.4, 0.5) is 4.39 Å². The summed E-state index contributed by atoms with van der Waals surface area (Å²) in [6, 6.07) is 6.89. The van der Waals surface area contributed by atoms with E-state index in [0.29, 0.717) is 11.1 Å². The second kappa shape index (κ2) is 7.49. The Hall–Kier alpha value is -2.91. The zero-order valence-corrected chi connectivity index (χ0v) is 17.0. The molecular formula is C19H17ClFN3O4S. The van der Waals surface area contributed by atoms with Crippen molar-refractivity contribution in [2.24, 2.45) is 5.73 Å². The van der Waals surface area contributed by atoms with E-state index in [2.05, 4.69) is 10.3 Å². The summed E-state index contributed by atoms with van der Waals surface area (Å²) in [6.07, 6.45) is 0. The van der Waals surface area contributed by atoms with E-state index in [-0.39, 0.29) is 31.4 Å². The van der Waals surface area contributed by atoms with E-state index in [9.17, 15) is 22.4 Å². The number of aromatic nitrogens is 1. The molecule has 0 unspecified atom stereocenters. The molecule has 10 heteroatoms. The molecule has 0 aliphatic rings. The largest absolute Gasteiger partial charge is 0.368 e. The van der Waals surface area contributed by atoms with Gasteiger partial charge in [-0.3, -0.25) is 9.59 Å². The SMILES string of the molecule is Cc1cc(C)cc(S(=O)(=O)c2c(C(=O)NCC(N)=O)[nH]c3cc(F)c(Cl)cc23)c1. The second-order valence-corrected chi connectivity index (χ2v) is 8.91. The molecule has 4 N–H and O–H groups in total. The molecule has 2 amide bonds. The minimum Gasteiger partial charge on any atom is -0.368 e. The van der Waals surface area contributed by atoms with Crippen molar-refractivity contribution in [2.45, 2.75) is 23.6 Å². The van der Waals surface area contributed by atoms with Crippen LogP contribution >= 0.6 is 11.6 Å². The zero-order chi connectivity index (χ0) is 21.5. The van der Waals surface area contributed by atoms with Gasteiger partial charge in [0, 0.05) is 5.39 Å². The Labute approximate surface area is 171 Å². The molecule has 0 atom stereocenters. The van der Waals surface area contributed by atoms with Gasteiger partial charge in [0.05, 0.1) is 22.0 Å². The summed E-state index contributed by atoms with van der Waals surface area (Å²) < 4.78 is 40.8. The van der Waals surface area contributed by atoms with Crippen LogP contribution in [0.5, 0.6) is 0 Å². The average Bonchev–Trinajstić information content (AvgIpc) is 2.98. The van der Waals surface area contributed by atoms with Crippen molar-refractivity contribution in [3.05, 3.63) is 58.0 Å². The summed E-state index contributed by atoms with van der Waals surface area (Å²) in [5, 5.41) is 2.00. The van der Waals surface area contributed by atoms with Crippen LogP contribution in [0.2, 0.25) is 5.02 Å². The van der Waals surface area contributed by atoms with Gasteiger partial charge in [0.2, 0.25) is 15.7 Å². The number of amides is 2. The highest BCUT2D eigenvalue weighted by atomic mass is 35.5. The van der Waals surface area contributed by atoms with Crippen molar-refractivity contribution in [3.63, 3.8) is 0 Å². The monoisotopic (exact) mass is 437 g/mol. The highest BCUT2D eigenvalue weighted by molar-refractivity contribution is 7.91. The molecule has 29 heavy (non-hydrogen) atoms. The van der Waals surface area contributed by atoms with E-state index >= 15 is 0 Å². The fraction of sp³-hybridized carbons (Fsp3) is 0.158. The minimum absolute atomic E-state index is 0.0275. The highest BCUT2D eigenvalue weighted by Crippen LogP contribution is 2.35. The first-order chi connectivity index (χ1) is 13.5. The van der Waals surface area contributed by atoms with Crippen molar-refractivity contribution in [1.82, 2.24) is 10.3 Å². The van der Waals surface area contributed by atoms with Gasteiger partial charge >= 0.3 is 0 Å². The molecule has 0 saturated carbocycles. The molecule has 1 aromatic heterocycles. The molecule has 0 aliphatic carbocycles. The molecule has 0 aliphatic heterocycles. The summed E-state index contributed by atoms with van der Waals surface area (Å²) in [7, 11) is -4.20. The van der Waals surface area contributed by atoms with Crippen molar-refractivity contribution in [2.75, 3.05) is 6.54 Å². The Kier molecular flexibility index (Phi) is 5.38. The standard InChI is InChI=1S/C19H17ClFN3O4S/c1-9-3-10(2)5-11(4-9)29(27,28)18-12-6-13(20)14(21)7-15(12)24-17(18)19(26)23-8-16(22)25/h3-7,24H,8H2,1-2H3,(H2,22,25)(H,23,26). The zero-order valence-electron chi connectivity index (χ0n) is 15.5. The van der Waals surface area contributed by atoms with E-state index in [1.165, 1.54) is 12.1 Å². The Morgan fingerprint density at radius 2 is 1.76 bits per heavy atom. The van der Waals surface area contributed by atoms with Crippen LogP contribution in [-0.2, 0) is 14.6 Å². The fourth-order valence-electron chi connectivity index (χ4n) is 3.06. The van der Waals surface area contributed by atoms with Gasteiger partial charge in [-0.25, -0.2) is 12.8 Å². The van der Waals surface area contributed by atoms with Gasteiger partial charge in [-0.05, 0) is 49.2 Å². The molecule has 7 nitrogen and oxygen atoms in total. The van der Waals surface area contributed by atoms with Crippen LogP contribution in [0.15, 0.2) is 40.1 Å². The maximum atomic E-state index is 13.9. The molecule has 0 fully saturated rings. The predicted octanol–water partition coefficient (Wildman–Crippen LogP) is 2.63. The van der Waals surface area contributed by atoms with Crippen molar-refractivity contribution >= 4 is 44.2 Å². The lowest BCUT2D eigenvalue weighted by molar-refractivity contribution is -0.117. The van der Waals surface area contributed by atoms with E-state index in [1.807, 2.05) is 0 Å². The first kappa shape index (κ1) is 20.8. The van der Waals surface area contributed by atoms with Gasteiger partial charge in [0.25, 0.3) is 5.91 Å². The van der Waals surface area contributed by atoms with Gasteiger partial charge in [0.15, 0.2) is 0 Å². The van der Waals surface area contributed by atoms with Gasteiger partial charge in [-0.15, -0.1) is 0 Å². The molecule has 0 spiro atoms. The van der Waals surface area contributed by atoms with Crippen LogP contribution in [-0.4, -0.2) is 31.8 Å². The van der Waals surface area contributed by atoms with Crippen LogP contribution in [0.3, 0.4) is 0 Å². The van der Waals surface area contributed by atoms with Crippen LogP contribution in [0.1, 0.15) is 21.6 Å². The molecule has 3 aromatic rings. The number of H-pyrrole nitrogens is 1. The molecule has 0 radical (unpaired) electrons. The smallest absolute Gasteiger partial charge is 0.269 e. The van der Waals surface area contributed by atoms with Gasteiger partial charge < -0.3 is 16.0 Å². The second-order valence-electron chi connectivity index (χ2n) is 6.62. The number of sulfone groups is 1. The Bertz CT molecular complexity index is 1250. The van der Waals surface area contributed by atoms with E-state index in [0.717, 1.165) is 12.1 Å². The topological polar surface area (TPSA) is 122 Å². The molecule has 2 aromatic carbocycles. The third-order valence-corrected chi connectivity index (χ3v) is 6.32. The maximum Gasteiger partial charge on any atom is 0.269 e. The first-order valence-electron chi connectivity index (χ1n) is 8.41. The first-order valence-corrected chi connectivity index (χ1v) is 10.3. The third kappa shape index (κ3) is 3.96. The Morgan fingerprint density at radius 3 is 2.34 bits per heavy atom. The minimum atomic E-state index is -4.20. The number of rotatable bonds is 5.